The molecule has 5 heteroatoms. The summed E-state index contributed by atoms with van der Waals surface area (Å²) in [4.78, 5) is 16.1. The molecule has 0 aliphatic carbocycles. The number of carbonyl (C=O) groups excluding carboxylic acids is 1. The molecule has 0 unspecified atom stereocenters. The minimum atomic E-state index is -1.04. The number of rotatable bonds is 5. The molecule has 0 fully saturated rings. The van der Waals surface area contributed by atoms with Crippen LogP contribution in [0.2, 0.25) is 0 Å². The van der Waals surface area contributed by atoms with Crippen molar-refractivity contribution >= 4 is 5.78 Å². The van der Waals surface area contributed by atoms with Gasteiger partial charge in [0.05, 0.1) is 24.6 Å². The van der Waals surface area contributed by atoms with Gasteiger partial charge in [0.1, 0.15) is 5.82 Å². The van der Waals surface area contributed by atoms with Gasteiger partial charge < -0.3 is 4.74 Å². The molecule has 1 aromatic heterocycles. The van der Waals surface area contributed by atoms with Crippen molar-refractivity contribution in [2.45, 2.75) is 12.5 Å². The van der Waals surface area contributed by atoms with Crippen LogP contribution in [0.4, 0.5) is 4.39 Å². The van der Waals surface area contributed by atoms with Crippen molar-refractivity contribution in [1.29, 1.82) is 5.26 Å². The third kappa shape index (κ3) is 3.50. The molecule has 4 nitrogen and oxygen atoms in total. The second-order valence-electron chi connectivity index (χ2n) is 4.46. The lowest BCUT2D eigenvalue weighted by molar-refractivity contribution is 0.0977. The van der Waals surface area contributed by atoms with Gasteiger partial charge in [-0.25, -0.2) is 4.39 Å². The van der Waals surface area contributed by atoms with Crippen LogP contribution in [0.5, 0.6) is 0 Å². The summed E-state index contributed by atoms with van der Waals surface area (Å²) in [6.07, 6.45) is 0.995. The standard InChI is InChI=1S/C16H13FN2O2/c1-21-10-11-2-4-12(5-3-11)16(20)14(8-18)15-7-6-13(17)9-19-15/h2-7,9,14H,10H2,1H3/t14-/m1/s1. The molecular formula is C16H13FN2O2. The molecule has 1 aromatic carbocycles. The van der Waals surface area contributed by atoms with Crippen LogP contribution < -0.4 is 0 Å². The Bertz CT molecular complexity index is 660. The zero-order chi connectivity index (χ0) is 15.2. The topological polar surface area (TPSA) is 63.0 Å². The molecule has 0 aliphatic rings. The zero-order valence-electron chi connectivity index (χ0n) is 11.4. The van der Waals surface area contributed by atoms with Crippen LogP contribution >= 0.6 is 0 Å². The van der Waals surface area contributed by atoms with E-state index in [0.717, 1.165) is 11.8 Å². The molecule has 2 rings (SSSR count). The van der Waals surface area contributed by atoms with E-state index in [4.69, 9.17) is 4.74 Å². The number of nitrogens with zero attached hydrogens (tertiary/aromatic N) is 2. The number of Topliss-reactive ketones (excluding diaryl/α,β-unsaturated/α-hetero) is 1. The van der Waals surface area contributed by atoms with Gasteiger partial charge in [-0.15, -0.1) is 0 Å². The van der Waals surface area contributed by atoms with Crippen LogP contribution in [0, 0.1) is 17.1 Å². The highest BCUT2D eigenvalue weighted by molar-refractivity contribution is 6.02. The van der Waals surface area contributed by atoms with Crippen molar-refractivity contribution in [2.24, 2.45) is 0 Å². The molecular weight excluding hydrogens is 271 g/mol. The fourth-order valence-electron chi connectivity index (χ4n) is 1.92. The van der Waals surface area contributed by atoms with Crippen LogP contribution in [0.15, 0.2) is 42.6 Å². The van der Waals surface area contributed by atoms with E-state index < -0.39 is 11.7 Å². The van der Waals surface area contributed by atoms with Gasteiger partial charge in [-0.2, -0.15) is 5.26 Å². The molecule has 0 bridgehead atoms. The summed E-state index contributed by atoms with van der Waals surface area (Å²) in [7, 11) is 1.59. The monoisotopic (exact) mass is 284 g/mol. The Morgan fingerprint density at radius 1 is 1.33 bits per heavy atom. The lowest BCUT2D eigenvalue weighted by Gasteiger charge is -2.08. The fraction of sp³-hybridized carbons (Fsp3) is 0.188. The van der Waals surface area contributed by atoms with Crippen molar-refractivity contribution in [3.8, 4) is 6.07 Å². The number of nitriles is 1. The van der Waals surface area contributed by atoms with E-state index in [0.29, 0.717) is 12.2 Å². The molecule has 0 saturated carbocycles. The molecule has 0 spiro atoms. The summed E-state index contributed by atoms with van der Waals surface area (Å²) >= 11 is 0. The maximum Gasteiger partial charge on any atom is 0.186 e. The Balaban J connectivity index is 2.24. The van der Waals surface area contributed by atoms with Gasteiger partial charge in [0.15, 0.2) is 11.7 Å². The molecule has 1 atom stereocenters. The first-order chi connectivity index (χ1) is 10.2. The van der Waals surface area contributed by atoms with Gasteiger partial charge in [-0.05, 0) is 17.7 Å². The van der Waals surface area contributed by atoms with E-state index in [1.54, 1.807) is 31.4 Å². The SMILES string of the molecule is COCc1ccc(C(=O)[C@H](C#N)c2ccc(F)cn2)cc1. The third-order valence-electron chi connectivity index (χ3n) is 2.99. The van der Waals surface area contributed by atoms with Gasteiger partial charge in [0.2, 0.25) is 0 Å². The number of pyridine rings is 1. The molecule has 21 heavy (non-hydrogen) atoms. The number of halogens is 1. The van der Waals surface area contributed by atoms with Crippen LogP contribution in [0.3, 0.4) is 0 Å². The second-order valence-corrected chi connectivity index (χ2v) is 4.46. The second kappa shape index (κ2) is 6.73. The van der Waals surface area contributed by atoms with Crippen molar-refractivity contribution in [3.05, 3.63) is 65.2 Å². The Labute approximate surface area is 121 Å². The normalized spacial score (nSPS) is 11.7. The minimum Gasteiger partial charge on any atom is -0.380 e. The Kier molecular flexibility index (Phi) is 4.75. The number of aromatic nitrogens is 1. The summed E-state index contributed by atoms with van der Waals surface area (Å²) in [5, 5.41) is 9.19. The van der Waals surface area contributed by atoms with Crippen molar-refractivity contribution in [1.82, 2.24) is 4.98 Å². The summed E-state index contributed by atoms with van der Waals surface area (Å²) in [5.41, 5.74) is 1.58. The maximum atomic E-state index is 12.9. The summed E-state index contributed by atoms with van der Waals surface area (Å²) < 4.78 is 17.8. The number of methoxy groups -OCH3 is 1. The van der Waals surface area contributed by atoms with Gasteiger partial charge >= 0.3 is 0 Å². The largest absolute Gasteiger partial charge is 0.380 e. The van der Waals surface area contributed by atoms with Crippen LogP contribution in [-0.2, 0) is 11.3 Å². The predicted octanol–water partition coefficient (Wildman–Crippen LogP) is 2.86. The molecule has 0 radical (unpaired) electrons. The van der Waals surface area contributed by atoms with Gasteiger partial charge in [-0.3, -0.25) is 9.78 Å². The third-order valence-corrected chi connectivity index (χ3v) is 2.99. The fourth-order valence-corrected chi connectivity index (χ4v) is 1.92. The molecule has 1 heterocycles. The van der Waals surface area contributed by atoms with Crippen molar-refractivity contribution < 1.29 is 13.9 Å². The van der Waals surface area contributed by atoms with E-state index in [-0.39, 0.29) is 11.5 Å². The Morgan fingerprint density at radius 3 is 2.57 bits per heavy atom. The van der Waals surface area contributed by atoms with E-state index >= 15 is 0 Å². The predicted molar refractivity (Wildman–Crippen MR) is 74.0 cm³/mol. The number of hydrogen-bond donors (Lipinski definition) is 0. The Hall–Kier alpha value is -2.58. The maximum absolute atomic E-state index is 12.9. The van der Waals surface area contributed by atoms with E-state index in [9.17, 15) is 14.4 Å². The van der Waals surface area contributed by atoms with Gasteiger partial charge in [0.25, 0.3) is 0 Å². The summed E-state index contributed by atoms with van der Waals surface area (Å²) in [6.45, 7) is 0.454. The van der Waals surface area contributed by atoms with Crippen LogP contribution in [-0.4, -0.2) is 17.9 Å². The lowest BCUT2D eigenvalue weighted by Crippen LogP contribution is -2.12. The summed E-state index contributed by atoms with van der Waals surface area (Å²) in [6, 6.07) is 11.3. The highest BCUT2D eigenvalue weighted by Gasteiger charge is 2.23. The first kappa shape index (κ1) is 14.8. The van der Waals surface area contributed by atoms with Crippen LogP contribution in [0.25, 0.3) is 0 Å². The number of benzene rings is 1. The molecule has 0 saturated heterocycles. The number of hydrogen-bond acceptors (Lipinski definition) is 4. The lowest BCUT2D eigenvalue weighted by atomic mass is 9.95. The zero-order valence-corrected chi connectivity index (χ0v) is 11.4. The molecule has 0 aliphatic heterocycles. The molecule has 0 amide bonds. The highest BCUT2D eigenvalue weighted by atomic mass is 19.1. The first-order valence-electron chi connectivity index (χ1n) is 6.29. The Morgan fingerprint density at radius 2 is 2.05 bits per heavy atom. The average molecular weight is 284 g/mol. The van der Waals surface area contributed by atoms with E-state index in [1.165, 1.54) is 12.1 Å². The molecule has 106 valence electrons. The average Bonchev–Trinajstić information content (AvgIpc) is 2.51. The van der Waals surface area contributed by atoms with Gasteiger partial charge in [0, 0.05) is 12.7 Å². The summed E-state index contributed by atoms with van der Waals surface area (Å²) in [5.74, 6) is -1.91. The van der Waals surface area contributed by atoms with E-state index in [1.807, 2.05) is 6.07 Å². The smallest absolute Gasteiger partial charge is 0.186 e. The number of carbonyl (C=O) groups is 1. The highest BCUT2D eigenvalue weighted by Crippen LogP contribution is 2.19. The minimum absolute atomic E-state index is 0.241. The van der Waals surface area contributed by atoms with Gasteiger partial charge in [-0.1, -0.05) is 24.3 Å². The quantitative estimate of drug-likeness (QED) is 0.792. The number of ether oxygens (including phenoxy) is 1. The van der Waals surface area contributed by atoms with E-state index in [2.05, 4.69) is 4.98 Å². The molecule has 0 N–H and O–H groups in total. The van der Waals surface area contributed by atoms with Crippen LogP contribution in [0.1, 0.15) is 27.5 Å². The van der Waals surface area contributed by atoms with Crippen molar-refractivity contribution in [3.63, 3.8) is 0 Å². The number of ketones is 1. The van der Waals surface area contributed by atoms with Crippen molar-refractivity contribution in [2.75, 3.05) is 7.11 Å². The molecule has 2 aromatic rings. The first-order valence-corrected chi connectivity index (χ1v) is 6.29.